The lowest BCUT2D eigenvalue weighted by molar-refractivity contribution is 0.0938. The lowest BCUT2D eigenvalue weighted by Gasteiger charge is -2.14. The molecule has 6 nitrogen and oxygen atoms in total. The number of hydrogen-bond acceptors (Lipinski definition) is 3. The van der Waals surface area contributed by atoms with Gasteiger partial charge in [-0.25, -0.2) is 0 Å². The number of amides is 2. The van der Waals surface area contributed by atoms with Gasteiger partial charge in [0.25, 0.3) is 0 Å². The van der Waals surface area contributed by atoms with Crippen LogP contribution in [0.4, 0.5) is 0 Å². The van der Waals surface area contributed by atoms with Gasteiger partial charge in [-0.2, -0.15) is 0 Å². The molecule has 0 saturated carbocycles. The van der Waals surface area contributed by atoms with Gasteiger partial charge in [-0.3, -0.25) is 14.4 Å². The van der Waals surface area contributed by atoms with E-state index in [0.717, 1.165) is 28.6 Å². The summed E-state index contributed by atoms with van der Waals surface area (Å²) in [6, 6.07) is 12.3. The normalized spacial score (nSPS) is 11.2. The van der Waals surface area contributed by atoms with Crippen LogP contribution in [0.1, 0.15) is 69.5 Å². The number of nitrogens with zero attached hydrogens (tertiary/aromatic N) is 1. The molecule has 6 heteroatoms. The summed E-state index contributed by atoms with van der Waals surface area (Å²) >= 11 is 0. The van der Waals surface area contributed by atoms with E-state index >= 15 is 0 Å². The largest absolute Gasteiger partial charge is 0.366 e. The molecule has 2 amide bonds. The molecule has 30 heavy (non-hydrogen) atoms. The van der Waals surface area contributed by atoms with E-state index in [0.29, 0.717) is 29.7 Å². The van der Waals surface area contributed by atoms with Gasteiger partial charge in [0.15, 0.2) is 5.78 Å². The zero-order valence-corrected chi connectivity index (χ0v) is 17.6. The highest BCUT2D eigenvalue weighted by Crippen LogP contribution is 2.31. The van der Waals surface area contributed by atoms with Crippen molar-refractivity contribution < 1.29 is 14.4 Å². The molecule has 156 valence electrons. The van der Waals surface area contributed by atoms with E-state index in [1.54, 1.807) is 30.3 Å². The molecule has 0 radical (unpaired) electrons. The number of primary amides is 2. The van der Waals surface area contributed by atoms with Crippen LogP contribution in [-0.2, 0) is 13.0 Å². The summed E-state index contributed by atoms with van der Waals surface area (Å²) in [5, 5.41) is 0.790. The molecule has 0 spiro atoms. The summed E-state index contributed by atoms with van der Waals surface area (Å²) in [4.78, 5) is 36.9. The van der Waals surface area contributed by atoms with Crippen LogP contribution in [0.25, 0.3) is 10.9 Å². The minimum absolute atomic E-state index is 0.0530. The van der Waals surface area contributed by atoms with Crippen LogP contribution in [0.5, 0.6) is 0 Å². The van der Waals surface area contributed by atoms with Crippen LogP contribution in [0.2, 0.25) is 0 Å². The second kappa shape index (κ2) is 8.53. The number of nitrogens with two attached hydrogens (primary N) is 2. The number of Topliss-reactive ketones (excluding diaryl/α,β-unsaturated/α-hetero) is 1. The topological polar surface area (TPSA) is 108 Å². The third-order valence-corrected chi connectivity index (χ3v) is 5.33. The Morgan fingerprint density at radius 2 is 1.70 bits per heavy atom. The number of benzene rings is 2. The van der Waals surface area contributed by atoms with Crippen molar-refractivity contribution in [3.8, 4) is 0 Å². The number of aromatic nitrogens is 1. The quantitative estimate of drug-likeness (QED) is 0.558. The van der Waals surface area contributed by atoms with E-state index in [1.165, 1.54) is 0 Å². The van der Waals surface area contributed by atoms with Crippen molar-refractivity contribution in [1.29, 1.82) is 0 Å². The number of carbonyl (C=O) groups excluding carboxylic acids is 3. The Balaban J connectivity index is 2.34. The zero-order chi connectivity index (χ0) is 22.0. The third kappa shape index (κ3) is 3.85. The van der Waals surface area contributed by atoms with Gasteiger partial charge in [-0.05, 0) is 30.2 Å². The van der Waals surface area contributed by atoms with Gasteiger partial charge in [0, 0.05) is 40.2 Å². The van der Waals surface area contributed by atoms with Gasteiger partial charge in [0.05, 0.1) is 5.52 Å². The van der Waals surface area contributed by atoms with Crippen molar-refractivity contribution in [2.45, 2.75) is 40.2 Å². The monoisotopic (exact) mass is 405 g/mol. The van der Waals surface area contributed by atoms with E-state index in [1.807, 2.05) is 30.5 Å². The first-order chi connectivity index (χ1) is 14.3. The molecule has 1 heterocycles. The molecule has 0 aliphatic heterocycles. The second-order valence-electron chi connectivity index (χ2n) is 7.79. The van der Waals surface area contributed by atoms with Crippen LogP contribution in [-0.4, -0.2) is 22.2 Å². The van der Waals surface area contributed by atoms with Gasteiger partial charge in [0.1, 0.15) is 0 Å². The van der Waals surface area contributed by atoms with Crippen LogP contribution >= 0.6 is 0 Å². The molecule has 0 atom stereocenters. The SMILES string of the molecule is CCCc1c(C(=O)C(C)C)c2ccc(C(N)=O)cc2n1Cc1ccccc1C(N)=O. The minimum atomic E-state index is -0.532. The molecule has 0 aliphatic rings. The second-order valence-corrected chi connectivity index (χ2v) is 7.79. The number of fused-ring (bicyclic) bond motifs is 1. The lowest BCUT2D eigenvalue weighted by Crippen LogP contribution is -2.17. The lowest BCUT2D eigenvalue weighted by atomic mass is 9.96. The first-order valence-electron chi connectivity index (χ1n) is 10.1. The predicted octanol–water partition coefficient (Wildman–Crippen LogP) is 3.68. The standard InChI is InChI=1S/C24H27N3O3/c1-4-7-19-21(22(28)14(2)3)18-11-10-15(23(25)29)12-20(18)27(19)13-16-8-5-6-9-17(16)24(26)30/h5-6,8-12,14H,4,7,13H2,1-3H3,(H2,25,29)(H2,26,30). The highest BCUT2D eigenvalue weighted by molar-refractivity contribution is 6.11. The highest BCUT2D eigenvalue weighted by Gasteiger charge is 2.25. The van der Waals surface area contributed by atoms with Crippen molar-refractivity contribution in [1.82, 2.24) is 4.57 Å². The average molecular weight is 405 g/mol. The van der Waals surface area contributed by atoms with Gasteiger partial charge >= 0.3 is 0 Å². The van der Waals surface area contributed by atoms with Gasteiger partial charge in [0.2, 0.25) is 11.8 Å². The van der Waals surface area contributed by atoms with E-state index in [4.69, 9.17) is 11.5 Å². The fourth-order valence-corrected chi connectivity index (χ4v) is 3.87. The van der Waals surface area contributed by atoms with Gasteiger partial charge in [-0.1, -0.05) is 51.5 Å². The Labute approximate surface area is 175 Å². The molecule has 0 saturated heterocycles. The number of ketones is 1. The van der Waals surface area contributed by atoms with E-state index in [2.05, 4.69) is 6.92 Å². The van der Waals surface area contributed by atoms with Crippen LogP contribution in [0.15, 0.2) is 42.5 Å². The first kappa shape index (κ1) is 21.3. The molecular weight excluding hydrogens is 378 g/mol. The number of hydrogen-bond donors (Lipinski definition) is 2. The third-order valence-electron chi connectivity index (χ3n) is 5.33. The summed E-state index contributed by atoms with van der Waals surface area (Å²) < 4.78 is 2.02. The molecule has 1 aromatic heterocycles. The Morgan fingerprint density at radius 1 is 1.00 bits per heavy atom. The van der Waals surface area contributed by atoms with Crippen molar-refractivity contribution in [2.24, 2.45) is 17.4 Å². The molecule has 2 aromatic carbocycles. The Kier molecular flexibility index (Phi) is 6.06. The van der Waals surface area contributed by atoms with Crippen LogP contribution in [0.3, 0.4) is 0 Å². The molecule has 0 aliphatic carbocycles. The zero-order valence-electron chi connectivity index (χ0n) is 17.6. The highest BCUT2D eigenvalue weighted by atomic mass is 16.1. The summed E-state index contributed by atoms with van der Waals surface area (Å²) in [7, 11) is 0. The smallest absolute Gasteiger partial charge is 0.249 e. The fraction of sp³-hybridized carbons (Fsp3) is 0.292. The van der Waals surface area contributed by atoms with Crippen molar-refractivity contribution in [3.05, 3.63) is 70.4 Å². The summed E-state index contributed by atoms with van der Waals surface area (Å²) in [6.45, 7) is 6.17. The average Bonchev–Trinajstić information content (AvgIpc) is 3.00. The molecule has 4 N–H and O–H groups in total. The van der Waals surface area contributed by atoms with Gasteiger partial charge in [-0.15, -0.1) is 0 Å². The van der Waals surface area contributed by atoms with E-state index in [9.17, 15) is 14.4 Å². The maximum Gasteiger partial charge on any atom is 0.249 e. The van der Waals surface area contributed by atoms with Crippen molar-refractivity contribution in [2.75, 3.05) is 0 Å². The number of rotatable bonds is 8. The molecular formula is C24H27N3O3. The Hall–Kier alpha value is -3.41. The van der Waals surface area contributed by atoms with Crippen molar-refractivity contribution in [3.63, 3.8) is 0 Å². The van der Waals surface area contributed by atoms with E-state index < -0.39 is 11.8 Å². The summed E-state index contributed by atoms with van der Waals surface area (Å²) in [5.41, 5.74) is 15.0. The van der Waals surface area contributed by atoms with E-state index in [-0.39, 0.29) is 11.7 Å². The molecule has 0 bridgehead atoms. The number of carbonyl (C=O) groups is 3. The predicted molar refractivity (Wildman–Crippen MR) is 118 cm³/mol. The molecule has 0 fully saturated rings. The van der Waals surface area contributed by atoms with Gasteiger partial charge < -0.3 is 16.0 Å². The van der Waals surface area contributed by atoms with Crippen molar-refractivity contribution >= 4 is 28.5 Å². The Morgan fingerprint density at radius 3 is 2.30 bits per heavy atom. The maximum absolute atomic E-state index is 13.1. The summed E-state index contributed by atoms with van der Waals surface area (Å²) in [5.74, 6) is -1.16. The summed E-state index contributed by atoms with van der Waals surface area (Å²) in [6.07, 6.45) is 1.53. The van der Waals surface area contributed by atoms with Crippen LogP contribution in [0, 0.1) is 5.92 Å². The Bertz CT molecular complexity index is 1140. The van der Waals surface area contributed by atoms with Crippen LogP contribution < -0.4 is 11.5 Å². The molecule has 3 aromatic rings. The first-order valence-corrected chi connectivity index (χ1v) is 10.1. The molecule has 3 rings (SSSR count). The fourth-order valence-electron chi connectivity index (χ4n) is 3.87. The molecule has 0 unspecified atom stereocenters. The maximum atomic E-state index is 13.1. The minimum Gasteiger partial charge on any atom is -0.366 e.